The van der Waals surface area contributed by atoms with Gasteiger partial charge in [0.15, 0.2) is 28.3 Å². The van der Waals surface area contributed by atoms with Crippen LogP contribution in [-0.2, 0) is 4.79 Å². The standard InChI is InChI=1S/C23H29N5O5S/c1-14-10-19(27-33-14)24-20(29)13-34-23-26-25-22(28(23)16-8-6-5-7-9-16)15-11-17(30-2)21(32-4)18(12-15)31-3/h10-12,16H,5-9,13H2,1-4H3,(H,24,27,29). The van der Waals surface area contributed by atoms with Crippen molar-refractivity contribution in [3.8, 4) is 28.6 Å². The number of thioether (sulfide) groups is 1. The van der Waals surface area contributed by atoms with E-state index in [1.54, 1.807) is 34.3 Å². The Labute approximate surface area is 202 Å². The minimum atomic E-state index is -0.189. The van der Waals surface area contributed by atoms with E-state index in [4.69, 9.17) is 18.7 Å². The van der Waals surface area contributed by atoms with E-state index < -0.39 is 0 Å². The van der Waals surface area contributed by atoms with Gasteiger partial charge < -0.3 is 24.1 Å². The molecule has 1 saturated carbocycles. The van der Waals surface area contributed by atoms with E-state index in [-0.39, 0.29) is 17.7 Å². The molecule has 0 radical (unpaired) electrons. The molecule has 2 aromatic heterocycles. The lowest BCUT2D eigenvalue weighted by molar-refractivity contribution is -0.113. The number of carbonyl (C=O) groups excluding carboxylic acids is 1. The van der Waals surface area contributed by atoms with Crippen LogP contribution in [0.1, 0.15) is 43.9 Å². The van der Waals surface area contributed by atoms with Crippen LogP contribution in [0.25, 0.3) is 11.4 Å². The second kappa shape index (κ2) is 10.8. The predicted octanol–water partition coefficient (Wildman–Crippen LogP) is 4.50. The molecule has 1 fully saturated rings. The van der Waals surface area contributed by atoms with Gasteiger partial charge in [-0.1, -0.05) is 36.2 Å². The van der Waals surface area contributed by atoms with Crippen LogP contribution in [0.2, 0.25) is 0 Å². The first-order valence-corrected chi connectivity index (χ1v) is 12.1. The van der Waals surface area contributed by atoms with Crippen LogP contribution in [0.3, 0.4) is 0 Å². The maximum absolute atomic E-state index is 12.5. The summed E-state index contributed by atoms with van der Waals surface area (Å²) in [6, 6.07) is 5.68. The van der Waals surface area contributed by atoms with E-state index in [1.807, 2.05) is 12.1 Å². The lowest BCUT2D eigenvalue weighted by atomic mass is 9.95. The highest BCUT2D eigenvalue weighted by Gasteiger charge is 2.26. The van der Waals surface area contributed by atoms with Crippen molar-refractivity contribution in [2.75, 3.05) is 32.4 Å². The molecule has 1 amide bonds. The molecule has 182 valence electrons. The highest BCUT2D eigenvalue weighted by atomic mass is 32.2. The zero-order chi connectivity index (χ0) is 24.1. The average Bonchev–Trinajstić information content (AvgIpc) is 3.48. The van der Waals surface area contributed by atoms with E-state index in [0.29, 0.717) is 39.8 Å². The molecule has 0 saturated heterocycles. The summed E-state index contributed by atoms with van der Waals surface area (Å²) in [5.41, 5.74) is 0.807. The minimum absolute atomic E-state index is 0.173. The molecule has 34 heavy (non-hydrogen) atoms. The normalized spacial score (nSPS) is 14.1. The number of aromatic nitrogens is 4. The molecule has 4 rings (SSSR count). The number of benzene rings is 1. The maximum atomic E-state index is 12.5. The van der Waals surface area contributed by atoms with Crippen molar-refractivity contribution >= 4 is 23.5 Å². The van der Waals surface area contributed by atoms with Gasteiger partial charge in [-0.25, -0.2) is 0 Å². The number of amides is 1. The molecule has 1 aromatic carbocycles. The molecule has 0 spiro atoms. The molecule has 0 unspecified atom stereocenters. The van der Waals surface area contributed by atoms with Crippen molar-refractivity contribution in [1.29, 1.82) is 0 Å². The Hall–Kier alpha value is -3.21. The Kier molecular flexibility index (Phi) is 7.61. The Morgan fingerprint density at radius 2 is 1.79 bits per heavy atom. The molecular formula is C23H29N5O5S. The summed E-state index contributed by atoms with van der Waals surface area (Å²) in [4.78, 5) is 12.5. The SMILES string of the molecule is COc1cc(-c2nnc(SCC(=O)Nc3cc(C)on3)n2C2CCCCC2)cc(OC)c1OC. The van der Waals surface area contributed by atoms with Crippen molar-refractivity contribution < 1.29 is 23.5 Å². The summed E-state index contributed by atoms with van der Waals surface area (Å²) in [5, 5.41) is 16.2. The number of aryl methyl sites for hydroxylation is 1. The van der Waals surface area contributed by atoms with E-state index in [9.17, 15) is 4.79 Å². The Morgan fingerprint density at radius 1 is 1.09 bits per heavy atom. The van der Waals surface area contributed by atoms with Crippen LogP contribution in [0.5, 0.6) is 17.2 Å². The molecule has 0 bridgehead atoms. The van der Waals surface area contributed by atoms with Crippen molar-refractivity contribution in [2.24, 2.45) is 0 Å². The van der Waals surface area contributed by atoms with Gasteiger partial charge in [0.1, 0.15) is 5.76 Å². The van der Waals surface area contributed by atoms with Crippen LogP contribution < -0.4 is 19.5 Å². The van der Waals surface area contributed by atoms with Crippen molar-refractivity contribution in [3.63, 3.8) is 0 Å². The Balaban J connectivity index is 1.64. The molecular weight excluding hydrogens is 458 g/mol. The van der Waals surface area contributed by atoms with Gasteiger partial charge in [-0.2, -0.15) is 0 Å². The molecule has 0 aliphatic heterocycles. The van der Waals surface area contributed by atoms with E-state index in [2.05, 4.69) is 25.2 Å². The van der Waals surface area contributed by atoms with Crippen molar-refractivity contribution in [1.82, 2.24) is 19.9 Å². The minimum Gasteiger partial charge on any atom is -0.493 e. The predicted molar refractivity (Wildman–Crippen MR) is 128 cm³/mol. The summed E-state index contributed by atoms with van der Waals surface area (Å²) >= 11 is 1.35. The maximum Gasteiger partial charge on any atom is 0.236 e. The number of nitrogens with zero attached hydrogens (tertiary/aromatic N) is 4. The number of hydrogen-bond donors (Lipinski definition) is 1. The molecule has 3 aromatic rings. The van der Waals surface area contributed by atoms with Gasteiger partial charge in [0.05, 0.1) is 27.1 Å². The topological polar surface area (TPSA) is 114 Å². The largest absolute Gasteiger partial charge is 0.493 e. The van der Waals surface area contributed by atoms with E-state index in [1.165, 1.54) is 18.2 Å². The van der Waals surface area contributed by atoms with Gasteiger partial charge in [0.2, 0.25) is 11.7 Å². The number of rotatable bonds is 9. The highest BCUT2D eigenvalue weighted by molar-refractivity contribution is 7.99. The van der Waals surface area contributed by atoms with Crippen LogP contribution in [-0.4, -0.2) is 52.9 Å². The first-order valence-electron chi connectivity index (χ1n) is 11.1. The third-order valence-electron chi connectivity index (χ3n) is 5.76. The van der Waals surface area contributed by atoms with Gasteiger partial charge in [-0.3, -0.25) is 9.36 Å². The fraction of sp³-hybridized carbons (Fsp3) is 0.478. The quantitative estimate of drug-likeness (QED) is 0.436. The van der Waals surface area contributed by atoms with Crippen LogP contribution in [0, 0.1) is 6.92 Å². The molecule has 1 N–H and O–H groups in total. The Bertz CT molecular complexity index is 1110. The number of anilines is 1. The van der Waals surface area contributed by atoms with Crippen molar-refractivity contribution in [2.45, 2.75) is 50.2 Å². The second-order valence-electron chi connectivity index (χ2n) is 8.04. The van der Waals surface area contributed by atoms with Gasteiger partial charge >= 0.3 is 0 Å². The lowest BCUT2D eigenvalue weighted by Gasteiger charge is -2.26. The fourth-order valence-electron chi connectivity index (χ4n) is 4.19. The van der Waals surface area contributed by atoms with Gasteiger partial charge in [0.25, 0.3) is 0 Å². The summed E-state index contributed by atoms with van der Waals surface area (Å²) in [6.45, 7) is 1.77. The van der Waals surface area contributed by atoms with Gasteiger partial charge in [-0.15, -0.1) is 10.2 Å². The summed E-state index contributed by atoms with van der Waals surface area (Å²) < 4.78 is 23.7. The summed E-state index contributed by atoms with van der Waals surface area (Å²) in [6.07, 6.45) is 5.59. The number of hydrogen-bond acceptors (Lipinski definition) is 9. The third kappa shape index (κ3) is 5.14. The van der Waals surface area contributed by atoms with E-state index in [0.717, 1.165) is 31.2 Å². The van der Waals surface area contributed by atoms with Gasteiger partial charge in [-0.05, 0) is 31.9 Å². The monoisotopic (exact) mass is 487 g/mol. The van der Waals surface area contributed by atoms with Crippen LogP contribution >= 0.6 is 11.8 Å². The molecule has 0 atom stereocenters. The Morgan fingerprint density at radius 3 is 2.38 bits per heavy atom. The van der Waals surface area contributed by atoms with Crippen LogP contribution in [0.4, 0.5) is 5.82 Å². The number of ether oxygens (including phenoxy) is 3. The molecule has 11 heteroatoms. The molecule has 1 aliphatic carbocycles. The number of methoxy groups -OCH3 is 3. The van der Waals surface area contributed by atoms with E-state index >= 15 is 0 Å². The first-order chi connectivity index (χ1) is 16.5. The highest BCUT2D eigenvalue weighted by Crippen LogP contribution is 2.43. The van der Waals surface area contributed by atoms with Crippen LogP contribution in [0.15, 0.2) is 27.9 Å². The van der Waals surface area contributed by atoms with Crippen molar-refractivity contribution in [3.05, 3.63) is 24.0 Å². The third-order valence-corrected chi connectivity index (χ3v) is 6.70. The zero-order valence-corrected chi connectivity index (χ0v) is 20.6. The average molecular weight is 488 g/mol. The lowest BCUT2D eigenvalue weighted by Crippen LogP contribution is -2.17. The summed E-state index contributed by atoms with van der Waals surface area (Å²) in [5.74, 6) is 3.34. The number of nitrogens with one attached hydrogen (secondary N) is 1. The summed E-state index contributed by atoms with van der Waals surface area (Å²) in [7, 11) is 4.75. The zero-order valence-electron chi connectivity index (χ0n) is 19.8. The second-order valence-corrected chi connectivity index (χ2v) is 8.98. The number of carbonyl (C=O) groups is 1. The smallest absolute Gasteiger partial charge is 0.236 e. The first kappa shape index (κ1) is 23.9. The molecule has 1 aliphatic rings. The van der Waals surface area contributed by atoms with Gasteiger partial charge in [0, 0.05) is 17.7 Å². The molecule has 2 heterocycles. The molecule has 10 nitrogen and oxygen atoms in total. The fourth-order valence-corrected chi connectivity index (χ4v) is 4.99.